The first kappa shape index (κ1) is 14.0. The van der Waals surface area contributed by atoms with E-state index in [1.807, 2.05) is 0 Å². The van der Waals surface area contributed by atoms with E-state index in [4.69, 9.17) is 12.2 Å². The number of hydrogen-bond acceptors (Lipinski definition) is 3. The first-order chi connectivity index (χ1) is 8.67. The van der Waals surface area contributed by atoms with Gasteiger partial charge in [-0.05, 0) is 42.6 Å². The number of hydrogen-bond donors (Lipinski definition) is 1. The van der Waals surface area contributed by atoms with Gasteiger partial charge in [-0.25, -0.2) is 4.98 Å². The third kappa shape index (κ3) is 2.77. The largest absolute Gasteiger partial charge is 0.343 e. The van der Waals surface area contributed by atoms with E-state index in [2.05, 4.69) is 44.6 Å². The normalized spacial score (nSPS) is 16.2. The summed E-state index contributed by atoms with van der Waals surface area (Å²) in [7, 11) is 0. The Kier molecular flexibility index (Phi) is 4.78. The highest BCUT2D eigenvalue weighted by Gasteiger charge is 2.22. The van der Waals surface area contributed by atoms with Crippen LogP contribution in [-0.2, 0) is 0 Å². The third-order valence-electron chi connectivity index (χ3n) is 3.70. The molecule has 0 radical (unpaired) electrons. The Hall–Kier alpha value is -0.420. The van der Waals surface area contributed by atoms with Crippen LogP contribution in [0.4, 0.5) is 5.95 Å². The molecular formula is C13H20BrN3S. The monoisotopic (exact) mass is 329 g/mol. The van der Waals surface area contributed by atoms with E-state index in [9.17, 15) is 0 Å². The third-order valence-corrected chi connectivity index (χ3v) is 5.07. The fourth-order valence-electron chi connectivity index (χ4n) is 2.63. The van der Waals surface area contributed by atoms with E-state index in [1.54, 1.807) is 0 Å². The summed E-state index contributed by atoms with van der Waals surface area (Å²) in [6.07, 6.45) is 5.15. The van der Waals surface area contributed by atoms with Crippen molar-refractivity contribution in [2.75, 3.05) is 18.0 Å². The zero-order valence-electron chi connectivity index (χ0n) is 11.0. The molecule has 2 rings (SSSR count). The maximum atomic E-state index is 5.37. The molecule has 0 atom stereocenters. The minimum Gasteiger partial charge on any atom is -0.343 e. The van der Waals surface area contributed by atoms with Gasteiger partial charge >= 0.3 is 0 Å². The summed E-state index contributed by atoms with van der Waals surface area (Å²) in [5.74, 6) is 1.52. The van der Waals surface area contributed by atoms with E-state index in [1.165, 1.54) is 31.4 Å². The van der Waals surface area contributed by atoms with Crippen molar-refractivity contribution in [2.45, 2.75) is 45.4 Å². The summed E-state index contributed by atoms with van der Waals surface area (Å²) in [6.45, 7) is 6.17. The average molecular weight is 330 g/mol. The Morgan fingerprint density at radius 2 is 1.94 bits per heavy atom. The Labute approximate surface area is 122 Å². The molecule has 18 heavy (non-hydrogen) atoms. The lowest BCUT2D eigenvalue weighted by atomic mass is 10.0. The highest BCUT2D eigenvalue weighted by atomic mass is 79.9. The Balaban J connectivity index is 2.42. The molecule has 1 N–H and O–H groups in total. The minimum atomic E-state index is 0.610. The second kappa shape index (κ2) is 6.15. The zero-order valence-corrected chi connectivity index (χ0v) is 13.4. The fourth-order valence-corrected chi connectivity index (χ4v) is 3.34. The van der Waals surface area contributed by atoms with Crippen LogP contribution in [0.5, 0.6) is 0 Å². The van der Waals surface area contributed by atoms with Gasteiger partial charge in [-0.1, -0.05) is 25.1 Å². The predicted molar refractivity (Wildman–Crippen MR) is 81.9 cm³/mol. The molecule has 1 aromatic heterocycles. The SMILES string of the molecule is CCN(CC)c1nc(=S)c(Br)c(C2CCCC2)[nH]1. The smallest absolute Gasteiger partial charge is 0.204 e. The molecule has 1 heterocycles. The topological polar surface area (TPSA) is 31.9 Å². The van der Waals surface area contributed by atoms with E-state index in [0.717, 1.165) is 23.5 Å². The van der Waals surface area contributed by atoms with Crippen LogP contribution in [0.25, 0.3) is 0 Å². The molecule has 0 saturated heterocycles. The van der Waals surface area contributed by atoms with Gasteiger partial charge in [0.25, 0.3) is 0 Å². The van der Waals surface area contributed by atoms with Crippen LogP contribution in [0.2, 0.25) is 0 Å². The van der Waals surface area contributed by atoms with Crippen molar-refractivity contribution >= 4 is 34.1 Å². The predicted octanol–water partition coefficient (Wildman–Crippen LogP) is 4.41. The highest BCUT2D eigenvalue weighted by Crippen LogP contribution is 2.37. The first-order valence-electron chi connectivity index (χ1n) is 6.72. The van der Waals surface area contributed by atoms with Crippen LogP contribution in [0.1, 0.15) is 51.1 Å². The Morgan fingerprint density at radius 3 is 2.50 bits per heavy atom. The molecule has 0 aromatic carbocycles. The van der Waals surface area contributed by atoms with Crippen molar-refractivity contribution in [3.05, 3.63) is 14.8 Å². The molecule has 1 aliphatic carbocycles. The molecule has 1 aliphatic rings. The Bertz CT molecular complexity index is 462. The summed E-state index contributed by atoms with van der Waals surface area (Å²) in [6, 6.07) is 0. The number of nitrogens with one attached hydrogen (secondary N) is 1. The lowest BCUT2D eigenvalue weighted by Crippen LogP contribution is -2.25. The van der Waals surface area contributed by atoms with Crippen LogP contribution >= 0.6 is 28.1 Å². The van der Waals surface area contributed by atoms with E-state index in [0.29, 0.717) is 10.6 Å². The van der Waals surface area contributed by atoms with E-state index < -0.39 is 0 Å². The van der Waals surface area contributed by atoms with Gasteiger partial charge in [0.2, 0.25) is 5.95 Å². The minimum absolute atomic E-state index is 0.610. The van der Waals surface area contributed by atoms with Gasteiger partial charge in [-0.2, -0.15) is 0 Å². The van der Waals surface area contributed by atoms with Gasteiger partial charge in [0.15, 0.2) is 0 Å². The van der Waals surface area contributed by atoms with Gasteiger partial charge in [0, 0.05) is 24.7 Å². The molecule has 0 spiro atoms. The summed E-state index contributed by atoms with van der Waals surface area (Å²) in [5, 5.41) is 0. The average Bonchev–Trinajstić information content (AvgIpc) is 2.88. The summed E-state index contributed by atoms with van der Waals surface area (Å²) in [4.78, 5) is 10.2. The molecule has 0 unspecified atom stereocenters. The van der Waals surface area contributed by atoms with E-state index >= 15 is 0 Å². The summed E-state index contributed by atoms with van der Waals surface area (Å²) in [5.41, 5.74) is 1.24. The Morgan fingerprint density at radius 1 is 1.33 bits per heavy atom. The van der Waals surface area contributed by atoms with Gasteiger partial charge < -0.3 is 9.88 Å². The molecule has 3 nitrogen and oxygen atoms in total. The molecule has 5 heteroatoms. The molecule has 1 saturated carbocycles. The van der Waals surface area contributed by atoms with Gasteiger partial charge in [0.05, 0.1) is 4.47 Å². The summed E-state index contributed by atoms with van der Waals surface area (Å²) < 4.78 is 1.66. The number of halogens is 1. The maximum absolute atomic E-state index is 5.37. The van der Waals surface area contributed by atoms with Crippen molar-refractivity contribution in [3.8, 4) is 0 Å². The molecule has 0 aliphatic heterocycles. The number of anilines is 1. The molecule has 1 aromatic rings. The van der Waals surface area contributed by atoms with Gasteiger partial charge in [0.1, 0.15) is 4.64 Å². The molecule has 0 amide bonds. The van der Waals surface area contributed by atoms with Crippen LogP contribution < -0.4 is 4.90 Å². The molecular weight excluding hydrogens is 310 g/mol. The van der Waals surface area contributed by atoms with Crippen molar-refractivity contribution < 1.29 is 0 Å². The van der Waals surface area contributed by atoms with Crippen LogP contribution in [0.15, 0.2) is 4.47 Å². The number of H-pyrrole nitrogens is 1. The van der Waals surface area contributed by atoms with E-state index in [-0.39, 0.29) is 0 Å². The van der Waals surface area contributed by atoms with Crippen molar-refractivity contribution in [1.29, 1.82) is 0 Å². The molecule has 1 fully saturated rings. The second-order valence-electron chi connectivity index (χ2n) is 4.75. The zero-order chi connectivity index (χ0) is 13.1. The first-order valence-corrected chi connectivity index (χ1v) is 7.92. The van der Waals surface area contributed by atoms with Crippen LogP contribution in [0, 0.1) is 4.64 Å². The van der Waals surface area contributed by atoms with Crippen LogP contribution in [0.3, 0.4) is 0 Å². The number of aromatic amines is 1. The number of nitrogens with zero attached hydrogens (tertiary/aromatic N) is 2. The highest BCUT2D eigenvalue weighted by molar-refractivity contribution is 9.10. The maximum Gasteiger partial charge on any atom is 0.204 e. The van der Waals surface area contributed by atoms with Gasteiger partial charge in [-0.3, -0.25) is 0 Å². The van der Waals surface area contributed by atoms with Gasteiger partial charge in [-0.15, -0.1) is 0 Å². The van der Waals surface area contributed by atoms with Crippen molar-refractivity contribution in [1.82, 2.24) is 9.97 Å². The number of rotatable bonds is 4. The van der Waals surface area contributed by atoms with Crippen molar-refractivity contribution in [3.63, 3.8) is 0 Å². The van der Waals surface area contributed by atoms with Crippen LogP contribution in [-0.4, -0.2) is 23.1 Å². The molecule has 0 bridgehead atoms. The fraction of sp³-hybridized carbons (Fsp3) is 0.692. The quantitative estimate of drug-likeness (QED) is 0.830. The summed E-state index contributed by atoms with van der Waals surface area (Å²) >= 11 is 8.98. The lowest BCUT2D eigenvalue weighted by Gasteiger charge is -2.22. The molecule has 100 valence electrons. The van der Waals surface area contributed by atoms with Crippen molar-refractivity contribution in [2.24, 2.45) is 0 Å². The number of aromatic nitrogens is 2. The lowest BCUT2D eigenvalue weighted by molar-refractivity contribution is 0.681. The second-order valence-corrected chi connectivity index (χ2v) is 5.93. The standard InChI is InChI=1S/C13H20BrN3S/c1-3-17(4-2)13-15-11(9-7-5-6-8-9)10(14)12(18)16-13/h9H,3-8H2,1-2H3,(H,15,16,18).